The van der Waals surface area contributed by atoms with Gasteiger partial charge >= 0.3 is 5.97 Å². The third-order valence-electron chi connectivity index (χ3n) is 2.63. The number of hydrogen-bond acceptors (Lipinski definition) is 2. The van der Waals surface area contributed by atoms with Crippen LogP contribution in [0.5, 0.6) is 5.75 Å². The molecule has 0 aliphatic carbocycles. The van der Waals surface area contributed by atoms with E-state index in [2.05, 4.69) is 0 Å². The van der Waals surface area contributed by atoms with E-state index in [1.807, 2.05) is 0 Å². The molecule has 102 valence electrons. The van der Waals surface area contributed by atoms with E-state index in [0.717, 1.165) is 11.1 Å². The average molecular weight is 291 g/mol. The third kappa shape index (κ3) is 3.93. The van der Waals surface area contributed by atoms with Crippen LogP contribution in [0.4, 0.5) is 4.39 Å². The highest BCUT2D eigenvalue weighted by Crippen LogP contribution is 2.22. The minimum atomic E-state index is -0.500. The molecule has 0 saturated heterocycles. The van der Waals surface area contributed by atoms with Crippen LogP contribution in [0.25, 0.3) is 6.08 Å². The first-order valence-corrected chi connectivity index (χ1v) is 6.34. The van der Waals surface area contributed by atoms with Crippen LogP contribution in [0.1, 0.15) is 11.1 Å². The summed E-state index contributed by atoms with van der Waals surface area (Å²) in [4.78, 5) is 11.7. The number of aryl methyl sites for hydroxylation is 1. The maximum Gasteiger partial charge on any atom is 0.336 e. The molecule has 0 N–H and O–H groups in total. The summed E-state index contributed by atoms with van der Waals surface area (Å²) in [6.07, 6.45) is 2.86. The lowest BCUT2D eigenvalue weighted by atomic mass is 10.2. The van der Waals surface area contributed by atoms with Gasteiger partial charge in [0.15, 0.2) is 0 Å². The van der Waals surface area contributed by atoms with Gasteiger partial charge in [-0.3, -0.25) is 0 Å². The fourth-order valence-electron chi connectivity index (χ4n) is 1.61. The Labute approximate surface area is 121 Å². The molecule has 0 fully saturated rings. The van der Waals surface area contributed by atoms with Gasteiger partial charge in [-0.2, -0.15) is 0 Å². The molecule has 0 amide bonds. The number of rotatable bonds is 3. The molecule has 20 heavy (non-hydrogen) atoms. The fourth-order valence-corrected chi connectivity index (χ4v) is 1.83. The van der Waals surface area contributed by atoms with Crippen LogP contribution in [0, 0.1) is 12.7 Å². The van der Waals surface area contributed by atoms with Crippen molar-refractivity contribution in [1.82, 2.24) is 0 Å². The van der Waals surface area contributed by atoms with E-state index < -0.39 is 5.97 Å². The van der Waals surface area contributed by atoms with E-state index in [-0.39, 0.29) is 5.82 Å². The van der Waals surface area contributed by atoms with Crippen LogP contribution >= 0.6 is 11.6 Å². The molecular weight excluding hydrogens is 279 g/mol. The Morgan fingerprint density at radius 2 is 1.90 bits per heavy atom. The Kier molecular flexibility index (Phi) is 4.53. The number of esters is 1. The highest BCUT2D eigenvalue weighted by molar-refractivity contribution is 6.30. The SMILES string of the molecule is Cc1cc(Cl)ccc1OC(=O)/C=C/c1ccc(F)cc1. The van der Waals surface area contributed by atoms with Gasteiger partial charge in [0.1, 0.15) is 11.6 Å². The molecule has 0 aliphatic rings. The van der Waals surface area contributed by atoms with Gasteiger partial charge < -0.3 is 4.74 Å². The lowest BCUT2D eigenvalue weighted by Crippen LogP contribution is -2.04. The topological polar surface area (TPSA) is 26.3 Å². The van der Waals surface area contributed by atoms with E-state index >= 15 is 0 Å². The van der Waals surface area contributed by atoms with Crippen LogP contribution in [0.3, 0.4) is 0 Å². The molecule has 0 radical (unpaired) electrons. The Bertz CT molecular complexity index is 648. The molecular formula is C16H12ClFO2. The van der Waals surface area contributed by atoms with Crippen LogP contribution in [-0.2, 0) is 4.79 Å². The molecule has 2 rings (SSSR count). The van der Waals surface area contributed by atoms with E-state index in [0.29, 0.717) is 10.8 Å². The van der Waals surface area contributed by atoms with Crippen molar-refractivity contribution in [2.75, 3.05) is 0 Å². The predicted octanol–water partition coefficient (Wildman–Crippen LogP) is 4.41. The molecule has 0 aliphatic heterocycles. The van der Waals surface area contributed by atoms with Crippen LogP contribution in [-0.4, -0.2) is 5.97 Å². The Morgan fingerprint density at radius 3 is 2.55 bits per heavy atom. The summed E-state index contributed by atoms with van der Waals surface area (Å²) in [5, 5.41) is 0.587. The summed E-state index contributed by atoms with van der Waals surface area (Å²) in [6.45, 7) is 1.80. The van der Waals surface area contributed by atoms with Gasteiger partial charge in [-0.1, -0.05) is 23.7 Å². The van der Waals surface area contributed by atoms with Gasteiger partial charge in [-0.05, 0) is 54.5 Å². The first-order chi connectivity index (χ1) is 9.54. The van der Waals surface area contributed by atoms with Crippen molar-refractivity contribution in [3.63, 3.8) is 0 Å². The first-order valence-electron chi connectivity index (χ1n) is 5.96. The van der Waals surface area contributed by atoms with Crippen LogP contribution in [0.2, 0.25) is 5.02 Å². The summed E-state index contributed by atoms with van der Waals surface area (Å²) in [6, 6.07) is 10.8. The lowest BCUT2D eigenvalue weighted by Gasteiger charge is -2.05. The zero-order valence-electron chi connectivity index (χ0n) is 10.8. The number of ether oxygens (including phenoxy) is 1. The predicted molar refractivity (Wildman–Crippen MR) is 77.3 cm³/mol. The maximum absolute atomic E-state index is 12.7. The molecule has 0 aromatic heterocycles. The largest absolute Gasteiger partial charge is 0.423 e. The molecule has 2 aromatic carbocycles. The summed E-state index contributed by atoms with van der Waals surface area (Å²) in [5.74, 6) is -0.357. The zero-order valence-corrected chi connectivity index (χ0v) is 11.5. The number of hydrogen-bond donors (Lipinski definition) is 0. The molecule has 0 saturated carbocycles. The van der Waals surface area contributed by atoms with E-state index in [1.165, 1.54) is 18.2 Å². The van der Waals surface area contributed by atoms with E-state index in [4.69, 9.17) is 16.3 Å². The Hall–Kier alpha value is -2.13. The summed E-state index contributed by atoms with van der Waals surface area (Å²) < 4.78 is 17.9. The zero-order chi connectivity index (χ0) is 14.5. The second-order valence-corrected chi connectivity index (χ2v) is 4.65. The number of halogens is 2. The molecule has 0 heterocycles. The van der Waals surface area contributed by atoms with E-state index in [9.17, 15) is 9.18 Å². The van der Waals surface area contributed by atoms with Crippen molar-refractivity contribution < 1.29 is 13.9 Å². The minimum absolute atomic E-state index is 0.318. The van der Waals surface area contributed by atoms with Crippen molar-refractivity contribution in [3.8, 4) is 5.75 Å². The lowest BCUT2D eigenvalue weighted by molar-refractivity contribution is -0.128. The van der Waals surface area contributed by atoms with Crippen molar-refractivity contribution in [1.29, 1.82) is 0 Å². The summed E-state index contributed by atoms with van der Waals surface area (Å²) in [5.41, 5.74) is 1.50. The molecule has 0 atom stereocenters. The minimum Gasteiger partial charge on any atom is -0.423 e. The smallest absolute Gasteiger partial charge is 0.336 e. The van der Waals surface area contributed by atoms with Crippen molar-refractivity contribution in [2.24, 2.45) is 0 Å². The van der Waals surface area contributed by atoms with Crippen LogP contribution in [0.15, 0.2) is 48.5 Å². The number of benzene rings is 2. The monoisotopic (exact) mass is 290 g/mol. The number of carbonyl (C=O) groups is 1. The van der Waals surface area contributed by atoms with Gasteiger partial charge in [0.2, 0.25) is 0 Å². The van der Waals surface area contributed by atoms with E-state index in [1.54, 1.807) is 43.3 Å². The highest BCUT2D eigenvalue weighted by Gasteiger charge is 2.04. The quantitative estimate of drug-likeness (QED) is 0.475. The maximum atomic E-state index is 12.7. The first kappa shape index (κ1) is 14.3. The average Bonchev–Trinajstić information content (AvgIpc) is 2.41. The molecule has 2 nitrogen and oxygen atoms in total. The van der Waals surface area contributed by atoms with Gasteiger partial charge in [0, 0.05) is 11.1 Å². The summed E-state index contributed by atoms with van der Waals surface area (Å²) in [7, 11) is 0. The second kappa shape index (κ2) is 6.35. The fraction of sp³-hybridized carbons (Fsp3) is 0.0625. The van der Waals surface area contributed by atoms with Gasteiger partial charge in [-0.15, -0.1) is 0 Å². The van der Waals surface area contributed by atoms with Gasteiger partial charge in [0.05, 0.1) is 0 Å². The normalized spacial score (nSPS) is 10.8. The van der Waals surface area contributed by atoms with Crippen LogP contribution < -0.4 is 4.74 Å². The number of carbonyl (C=O) groups excluding carboxylic acids is 1. The second-order valence-electron chi connectivity index (χ2n) is 4.22. The summed E-state index contributed by atoms with van der Waals surface area (Å²) >= 11 is 5.82. The van der Waals surface area contributed by atoms with Crippen molar-refractivity contribution >= 4 is 23.6 Å². The third-order valence-corrected chi connectivity index (χ3v) is 2.86. The Morgan fingerprint density at radius 1 is 1.20 bits per heavy atom. The molecule has 0 bridgehead atoms. The van der Waals surface area contributed by atoms with Gasteiger partial charge in [0.25, 0.3) is 0 Å². The van der Waals surface area contributed by atoms with Crippen molar-refractivity contribution in [2.45, 2.75) is 6.92 Å². The highest BCUT2D eigenvalue weighted by atomic mass is 35.5. The molecule has 0 spiro atoms. The Balaban J connectivity index is 2.03. The molecule has 0 unspecified atom stereocenters. The molecule has 2 aromatic rings. The van der Waals surface area contributed by atoms with Gasteiger partial charge in [-0.25, -0.2) is 9.18 Å². The van der Waals surface area contributed by atoms with Crippen molar-refractivity contribution in [3.05, 3.63) is 70.5 Å². The standard InChI is InChI=1S/C16H12ClFO2/c1-11-10-13(17)5-8-15(11)20-16(19)9-4-12-2-6-14(18)7-3-12/h2-10H,1H3/b9-4+. The molecule has 4 heteroatoms.